The molecule has 0 radical (unpaired) electrons. The Morgan fingerprint density at radius 2 is 2.13 bits per heavy atom. The molecule has 1 aromatic heterocycles. The molecule has 2 aromatic rings. The molecule has 0 saturated carbocycles. The number of nitro groups is 1. The van der Waals surface area contributed by atoms with Gasteiger partial charge in [-0.15, -0.1) is 0 Å². The molecule has 1 aromatic carbocycles. The van der Waals surface area contributed by atoms with Crippen LogP contribution < -0.4 is 0 Å². The molecule has 0 atom stereocenters. The first kappa shape index (κ1) is 16.7. The summed E-state index contributed by atoms with van der Waals surface area (Å²) in [7, 11) is 1.66. The second kappa shape index (κ2) is 7.04. The van der Waals surface area contributed by atoms with Crippen molar-refractivity contribution in [1.82, 2.24) is 14.5 Å². The predicted octanol–water partition coefficient (Wildman–Crippen LogP) is 2.57. The van der Waals surface area contributed by atoms with E-state index in [0.29, 0.717) is 12.1 Å². The highest BCUT2D eigenvalue weighted by Gasteiger charge is 2.24. The van der Waals surface area contributed by atoms with E-state index in [1.165, 1.54) is 11.0 Å². The third-order valence-corrected chi connectivity index (χ3v) is 3.81. The van der Waals surface area contributed by atoms with Crippen molar-refractivity contribution in [1.29, 1.82) is 0 Å². The Morgan fingerprint density at radius 3 is 2.74 bits per heavy atom. The average Bonchev–Trinajstić information content (AvgIpc) is 2.91. The molecule has 0 saturated heterocycles. The summed E-state index contributed by atoms with van der Waals surface area (Å²) < 4.78 is 2.01. The van der Waals surface area contributed by atoms with Crippen molar-refractivity contribution in [2.75, 3.05) is 13.6 Å². The molecule has 0 N–H and O–H groups in total. The van der Waals surface area contributed by atoms with E-state index in [-0.39, 0.29) is 17.2 Å². The molecule has 7 heteroatoms. The molecule has 23 heavy (non-hydrogen) atoms. The number of aryl methyl sites for hydroxylation is 3. The predicted molar refractivity (Wildman–Crippen MR) is 86.4 cm³/mol. The van der Waals surface area contributed by atoms with E-state index >= 15 is 0 Å². The molecule has 122 valence electrons. The molecule has 2 rings (SSSR count). The molecule has 7 nitrogen and oxygen atoms in total. The number of carbonyl (C=O) groups is 1. The number of hydrogen-bond donors (Lipinski definition) is 0. The van der Waals surface area contributed by atoms with Crippen LogP contribution in [-0.2, 0) is 6.54 Å². The smallest absolute Gasteiger partial charge is 0.285 e. The number of carbonyl (C=O) groups excluding carboxylic acids is 1. The summed E-state index contributed by atoms with van der Waals surface area (Å²) in [5, 5.41) is 11.2. The zero-order chi connectivity index (χ0) is 17.0. The summed E-state index contributed by atoms with van der Waals surface area (Å²) in [6, 6.07) is 4.80. The third-order valence-electron chi connectivity index (χ3n) is 3.81. The van der Waals surface area contributed by atoms with Gasteiger partial charge in [-0.25, -0.2) is 4.98 Å². The second-order valence-electron chi connectivity index (χ2n) is 5.48. The Labute approximate surface area is 134 Å². The van der Waals surface area contributed by atoms with Crippen molar-refractivity contribution in [2.45, 2.75) is 26.8 Å². The summed E-state index contributed by atoms with van der Waals surface area (Å²) in [5.41, 5.74) is 0.509. The van der Waals surface area contributed by atoms with E-state index in [0.717, 1.165) is 18.8 Å². The van der Waals surface area contributed by atoms with E-state index in [9.17, 15) is 14.9 Å². The minimum atomic E-state index is -0.495. The van der Waals surface area contributed by atoms with Crippen LogP contribution in [0.3, 0.4) is 0 Å². The van der Waals surface area contributed by atoms with Crippen molar-refractivity contribution in [2.24, 2.45) is 0 Å². The van der Waals surface area contributed by atoms with Crippen molar-refractivity contribution < 1.29 is 9.72 Å². The van der Waals surface area contributed by atoms with Gasteiger partial charge in [0.1, 0.15) is 11.4 Å². The summed E-state index contributed by atoms with van der Waals surface area (Å²) in [6.45, 7) is 4.82. The van der Waals surface area contributed by atoms with Gasteiger partial charge in [0, 0.05) is 38.1 Å². The van der Waals surface area contributed by atoms with Crippen LogP contribution in [0.2, 0.25) is 0 Å². The van der Waals surface area contributed by atoms with Gasteiger partial charge in [0.25, 0.3) is 11.6 Å². The average molecular weight is 316 g/mol. The van der Waals surface area contributed by atoms with Gasteiger partial charge in [-0.05, 0) is 26.3 Å². The van der Waals surface area contributed by atoms with Gasteiger partial charge < -0.3 is 9.47 Å². The van der Waals surface area contributed by atoms with Crippen molar-refractivity contribution in [3.8, 4) is 0 Å². The maximum Gasteiger partial charge on any atom is 0.285 e. The van der Waals surface area contributed by atoms with Gasteiger partial charge in [-0.1, -0.05) is 12.1 Å². The fourth-order valence-electron chi connectivity index (χ4n) is 2.50. The largest absolute Gasteiger partial charge is 0.341 e. The second-order valence-corrected chi connectivity index (χ2v) is 5.48. The molecule has 0 aliphatic rings. The van der Waals surface area contributed by atoms with Gasteiger partial charge >= 0.3 is 0 Å². The Kier molecular flexibility index (Phi) is 5.10. The molecule has 1 amide bonds. The number of imidazole rings is 1. The Bertz CT molecular complexity index is 724. The quantitative estimate of drug-likeness (QED) is 0.606. The maximum atomic E-state index is 12.5. The standard InChI is InChI=1S/C16H20N4O3/c1-12-6-4-7-14(15(12)20(22)23)16(21)18(3)9-5-10-19-11-8-17-13(19)2/h4,6-8,11H,5,9-10H2,1-3H3. The van der Waals surface area contributed by atoms with Gasteiger partial charge in [-0.2, -0.15) is 0 Å². The number of para-hydroxylation sites is 1. The number of nitrogens with zero attached hydrogens (tertiary/aromatic N) is 4. The monoisotopic (exact) mass is 316 g/mol. The first-order valence-corrected chi connectivity index (χ1v) is 7.39. The van der Waals surface area contributed by atoms with Crippen molar-refractivity contribution in [3.63, 3.8) is 0 Å². The molecular weight excluding hydrogens is 296 g/mol. The minimum Gasteiger partial charge on any atom is -0.341 e. The molecule has 0 unspecified atom stereocenters. The van der Waals surface area contributed by atoms with Crippen LogP contribution in [-0.4, -0.2) is 38.9 Å². The highest BCUT2D eigenvalue weighted by molar-refractivity contribution is 5.98. The van der Waals surface area contributed by atoms with Gasteiger partial charge in [-0.3, -0.25) is 14.9 Å². The van der Waals surface area contributed by atoms with E-state index in [1.807, 2.05) is 17.7 Å². The van der Waals surface area contributed by atoms with Crippen LogP contribution in [0.15, 0.2) is 30.6 Å². The lowest BCUT2D eigenvalue weighted by Gasteiger charge is -2.18. The maximum absolute atomic E-state index is 12.5. The Hall–Kier alpha value is -2.70. The number of amides is 1. The van der Waals surface area contributed by atoms with Gasteiger partial charge in [0.15, 0.2) is 0 Å². The zero-order valence-corrected chi connectivity index (χ0v) is 13.5. The molecular formula is C16H20N4O3. The molecule has 1 heterocycles. The number of hydrogen-bond acceptors (Lipinski definition) is 4. The molecule has 0 aliphatic heterocycles. The summed E-state index contributed by atoms with van der Waals surface area (Å²) >= 11 is 0. The highest BCUT2D eigenvalue weighted by Crippen LogP contribution is 2.24. The van der Waals surface area contributed by atoms with Crippen LogP contribution in [0.25, 0.3) is 0 Å². The van der Waals surface area contributed by atoms with E-state index in [1.54, 1.807) is 32.3 Å². The highest BCUT2D eigenvalue weighted by atomic mass is 16.6. The molecule has 0 aliphatic carbocycles. The lowest BCUT2D eigenvalue weighted by molar-refractivity contribution is -0.385. The molecule has 0 bridgehead atoms. The Balaban J connectivity index is 2.04. The summed E-state index contributed by atoms with van der Waals surface area (Å²) in [5.74, 6) is 0.594. The number of nitro benzene ring substituents is 1. The zero-order valence-electron chi connectivity index (χ0n) is 13.5. The number of rotatable bonds is 6. The first-order chi connectivity index (χ1) is 10.9. The van der Waals surface area contributed by atoms with Crippen LogP contribution in [0.5, 0.6) is 0 Å². The summed E-state index contributed by atoms with van der Waals surface area (Å²) in [6.07, 6.45) is 4.38. The van der Waals surface area contributed by atoms with Crippen LogP contribution in [0.4, 0.5) is 5.69 Å². The van der Waals surface area contributed by atoms with Crippen molar-refractivity contribution >= 4 is 11.6 Å². The fourth-order valence-corrected chi connectivity index (χ4v) is 2.50. The lowest BCUT2D eigenvalue weighted by Crippen LogP contribution is -2.29. The number of aromatic nitrogens is 2. The first-order valence-electron chi connectivity index (χ1n) is 7.39. The normalized spacial score (nSPS) is 10.6. The SMILES string of the molecule is Cc1cccc(C(=O)N(C)CCCn2ccnc2C)c1[N+](=O)[O-]. The van der Waals surface area contributed by atoms with Crippen LogP contribution in [0, 0.1) is 24.0 Å². The van der Waals surface area contributed by atoms with E-state index in [4.69, 9.17) is 0 Å². The molecule has 0 spiro atoms. The van der Waals surface area contributed by atoms with Gasteiger partial charge in [0.2, 0.25) is 0 Å². The third kappa shape index (κ3) is 3.74. The minimum absolute atomic E-state index is 0.116. The van der Waals surface area contributed by atoms with Crippen LogP contribution >= 0.6 is 0 Å². The summed E-state index contributed by atoms with van der Waals surface area (Å²) in [4.78, 5) is 28.9. The van der Waals surface area contributed by atoms with E-state index in [2.05, 4.69) is 4.98 Å². The number of benzene rings is 1. The van der Waals surface area contributed by atoms with Gasteiger partial charge in [0.05, 0.1) is 4.92 Å². The molecule has 0 fully saturated rings. The Morgan fingerprint density at radius 1 is 1.39 bits per heavy atom. The topological polar surface area (TPSA) is 81.3 Å². The fraction of sp³-hybridized carbons (Fsp3) is 0.375. The van der Waals surface area contributed by atoms with Crippen molar-refractivity contribution in [3.05, 3.63) is 57.7 Å². The lowest BCUT2D eigenvalue weighted by atomic mass is 10.1. The van der Waals surface area contributed by atoms with E-state index < -0.39 is 4.92 Å². The van der Waals surface area contributed by atoms with Crippen LogP contribution in [0.1, 0.15) is 28.2 Å².